The molecule has 6 nitrogen and oxygen atoms in total. The normalized spacial score (nSPS) is 12.3. The van der Waals surface area contributed by atoms with E-state index < -0.39 is 10.0 Å². The second-order valence-corrected chi connectivity index (χ2v) is 8.84. The molecule has 2 rings (SSSR count). The zero-order chi connectivity index (χ0) is 20.0. The van der Waals surface area contributed by atoms with Gasteiger partial charge in [-0.15, -0.1) is 0 Å². The van der Waals surface area contributed by atoms with E-state index in [1.807, 2.05) is 36.2 Å². The van der Waals surface area contributed by atoms with Crippen molar-refractivity contribution in [3.8, 4) is 0 Å². The molecular weight excluding hydrogens is 384 g/mol. The molecule has 2 aromatic rings. The van der Waals surface area contributed by atoms with Crippen LogP contribution in [0.5, 0.6) is 0 Å². The van der Waals surface area contributed by atoms with Gasteiger partial charge < -0.3 is 10.2 Å². The molecule has 0 heterocycles. The standard InChI is InChI=1S/C19H25ClN4O2S/c1-21-19(24(4)14-16-7-5-6-8-18(16)20)22-13-15-9-11-17(12-10-15)27(25,26)23(2)3/h5-12H,13-14H2,1-4H3,(H,21,22). The summed E-state index contributed by atoms with van der Waals surface area (Å²) in [5, 5.41) is 4.00. The van der Waals surface area contributed by atoms with Crippen molar-refractivity contribution < 1.29 is 8.42 Å². The van der Waals surface area contributed by atoms with Crippen LogP contribution in [-0.4, -0.2) is 51.8 Å². The quantitative estimate of drug-likeness (QED) is 0.589. The van der Waals surface area contributed by atoms with Gasteiger partial charge in [-0.1, -0.05) is 41.9 Å². The fourth-order valence-corrected chi connectivity index (χ4v) is 3.61. The number of halogens is 1. The minimum Gasteiger partial charge on any atom is -0.352 e. The van der Waals surface area contributed by atoms with Crippen LogP contribution in [0.15, 0.2) is 58.4 Å². The topological polar surface area (TPSA) is 65.0 Å². The number of nitrogens with one attached hydrogen (secondary N) is 1. The molecule has 2 aromatic carbocycles. The number of aliphatic imine (C=N–C) groups is 1. The van der Waals surface area contributed by atoms with Crippen molar-refractivity contribution >= 4 is 27.6 Å². The number of guanidine groups is 1. The number of sulfonamides is 1. The molecule has 0 saturated heterocycles. The van der Waals surface area contributed by atoms with Gasteiger partial charge in [-0.05, 0) is 29.3 Å². The fourth-order valence-electron chi connectivity index (χ4n) is 2.51. The lowest BCUT2D eigenvalue weighted by Crippen LogP contribution is -2.38. The smallest absolute Gasteiger partial charge is 0.242 e. The third kappa shape index (κ3) is 5.45. The Morgan fingerprint density at radius 3 is 2.26 bits per heavy atom. The van der Waals surface area contributed by atoms with Crippen LogP contribution < -0.4 is 5.32 Å². The van der Waals surface area contributed by atoms with Crippen molar-refractivity contribution in [2.24, 2.45) is 4.99 Å². The molecule has 0 aliphatic heterocycles. The molecule has 0 aliphatic carbocycles. The molecule has 0 fully saturated rings. The number of rotatable bonds is 6. The first kappa shape index (κ1) is 21.2. The summed E-state index contributed by atoms with van der Waals surface area (Å²) in [6, 6.07) is 14.5. The molecular formula is C19H25ClN4O2S. The molecule has 0 amide bonds. The van der Waals surface area contributed by atoms with Crippen LogP contribution in [-0.2, 0) is 23.1 Å². The highest BCUT2D eigenvalue weighted by atomic mass is 35.5. The highest BCUT2D eigenvalue weighted by Gasteiger charge is 2.16. The minimum absolute atomic E-state index is 0.275. The summed E-state index contributed by atoms with van der Waals surface area (Å²) in [6.07, 6.45) is 0. The van der Waals surface area contributed by atoms with Crippen LogP contribution in [0.4, 0.5) is 0 Å². The maximum atomic E-state index is 12.1. The molecule has 1 N–H and O–H groups in total. The van der Waals surface area contributed by atoms with E-state index in [1.165, 1.54) is 18.4 Å². The predicted octanol–water partition coefficient (Wildman–Crippen LogP) is 2.80. The number of nitrogens with zero attached hydrogens (tertiary/aromatic N) is 3. The summed E-state index contributed by atoms with van der Waals surface area (Å²) in [6.45, 7) is 1.15. The molecule has 27 heavy (non-hydrogen) atoms. The minimum atomic E-state index is -3.41. The average Bonchev–Trinajstić information content (AvgIpc) is 2.64. The Bertz CT molecular complexity index is 896. The molecule has 0 aliphatic rings. The van der Waals surface area contributed by atoms with Gasteiger partial charge in [0.05, 0.1) is 4.90 Å². The van der Waals surface area contributed by atoms with Crippen molar-refractivity contribution in [3.05, 3.63) is 64.7 Å². The second-order valence-electron chi connectivity index (χ2n) is 6.28. The monoisotopic (exact) mass is 408 g/mol. The summed E-state index contributed by atoms with van der Waals surface area (Å²) in [7, 11) is 3.28. The van der Waals surface area contributed by atoms with E-state index >= 15 is 0 Å². The van der Waals surface area contributed by atoms with Crippen molar-refractivity contribution in [2.75, 3.05) is 28.2 Å². The van der Waals surface area contributed by atoms with Gasteiger partial charge in [-0.3, -0.25) is 4.99 Å². The Morgan fingerprint density at radius 1 is 1.07 bits per heavy atom. The van der Waals surface area contributed by atoms with Crippen molar-refractivity contribution in [3.63, 3.8) is 0 Å². The molecule has 146 valence electrons. The third-order valence-corrected chi connectivity index (χ3v) is 6.29. The molecule has 0 unspecified atom stereocenters. The Balaban J connectivity index is 2.01. The Kier molecular flexibility index (Phi) is 7.24. The Labute approximate surface area is 166 Å². The van der Waals surface area contributed by atoms with Crippen LogP contribution in [0.25, 0.3) is 0 Å². The van der Waals surface area contributed by atoms with E-state index in [2.05, 4.69) is 10.3 Å². The predicted molar refractivity (Wildman–Crippen MR) is 110 cm³/mol. The van der Waals surface area contributed by atoms with Crippen molar-refractivity contribution in [1.82, 2.24) is 14.5 Å². The van der Waals surface area contributed by atoms with Crippen LogP contribution in [0, 0.1) is 0 Å². The van der Waals surface area contributed by atoms with Crippen LogP contribution in [0.2, 0.25) is 5.02 Å². The van der Waals surface area contributed by atoms with Gasteiger partial charge in [-0.25, -0.2) is 12.7 Å². The summed E-state index contributed by atoms with van der Waals surface area (Å²) in [5.41, 5.74) is 1.97. The van der Waals surface area contributed by atoms with E-state index in [0.717, 1.165) is 22.1 Å². The van der Waals surface area contributed by atoms with E-state index in [1.54, 1.807) is 31.3 Å². The highest BCUT2D eigenvalue weighted by Crippen LogP contribution is 2.17. The van der Waals surface area contributed by atoms with Gasteiger partial charge in [0.15, 0.2) is 5.96 Å². The lowest BCUT2D eigenvalue weighted by atomic mass is 10.2. The first-order chi connectivity index (χ1) is 12.8. The van der Waals surface area contributed by atoms with Crippen LogP contribution in [0.3, 0.4) is 0 Å². The zero-order valence-corrected chi connectivity index (χ0v) is 17.5. The number of hydrogen-bond acceptors (Lipinski definition) is 3. The van der Waals surface area contributed by atoms with Crippen LogP contribution in [0.1, 0.15) is 11.1 Å². The number of benzene rings is 2. The SMILES string of the molecule is CN=C(NCc1ccc(S(=O)(=O)N(C)C)cc1)N(C)Cc1ccccc1Cl. The molecule has 8 heteroatoms. The number of hydrogen-bond donors (Lipinski definition) is 1. The maximum absolute atomic E-state index is 12.1. The molecule has 0 saturated carbocycles. The van der Waals surface area contributed by atoms with E-state index in [9.17, 15) is 8.42 Å². The van der Waals surface area contributed by atoms with E-state index in [4.69, 9.17) is 11.6 Å². The van der Waals surface area contributed by atoms with Gasteiger partial charge in [0.25, 0.3) is 0 Å². The van der Waals surface area contributed by atoms with E-state index in [-0.39, 0.29) is 4.90 Å². The molecule has 0 bridgehead atoms. The molecule has 0 aromatic heterocycles. The average molecular weight is 409 g/mol. The largest absolute Gasteiger partial charge is 0.352 e. The van der Waals surface area contributed by atoms with E-state index in [0.29, 0.717) is 13.1 Å². The lowest BCUT2D eigenvalue weighted by Gasteiger charge is -2.22. The Morgan fingerprint density at radius 2 is 1.70 bits per heavy atom. The Hall–Kier alpha value is -2.09. The summed E-state index contributed by atoms with van der Waals surface area (Å²) in [5.74, 6) is 0.722. The molecule has 0 spiro atoms. The first-order valence-corrected chi connectivity index (χ1v) is 10.2. The maximum Gasteiger partial charge on any atom is 0.242 e. The zero-order valence-electron chi connectivity index (χ0n) is 16.0. The second kappa shape index (κ2) is 9.21. The fraction of sp³-hybridized carbons (Fsp3) is 0.316. The molecule has 0 radical (unpaired) electrons. The van der Waals surface area contributed by atoms with Gasteiger partial charge in [0, 0.05) is 46.3 Å². The van der Waals surface area contributed by atoms with Crippen LogP contribution >= 0.6 is 11.6 Å². The lowest BCUT2D eigenvalue weighted by molar-refractivity contribution is 0.476. The van der Waals surface area contributed by atoms with Gasteiger partial charge >= 0.3 is 0 Å². The van der Waals surface area contributed by atoms with Gasteiger partial charge in [0.1, 0.15) is 0 Å². The summed E-state index contributed by atoms with van der Waals surface area (Å²) >= 11 is 6.22. The van der Waals surface area contributed by atoms with Gasteiger partial charge in [0.2, 0.25) is 10.0 Å². The van der Waals surface area contributed by atoms with Gasteiger partial charge in [-0.2, -0.15) is 0 Å². The summed E-state index contributed by atoms with van der Waals surface area (Å²) < 4.78 is 25.4. The van der Waals surface area contributed by atoms with Crippen molar-refractivity contribution in [1.29, 1.82) is 0 Å². The molecule has 0 atom stereocenters. The van der Waals surface area contributed by atoms with Crippen molar-refractivity contribution in [2.45, 2.75) is 18.0 Å². The summed E-state index contributed by atoms with van der Waals surface area (Å²) in [4.78, 5) is 6.55. The first-order valence-electron chi connectivity index (χ1n) is 8.42. The third-order valence-electron chi connectivity index (χ3n) is 4.09. The highest BCUT2D eigenvalue weighted by molar-refractivity contribution is 7.89.